The fraction of sp³-hybridized carbons (Fsp3) is 0.500. The van der Waals surface area contributed by atoms with Crippen LogP contribution in [0.2, 0.25) is 0 Å². The van der Waals surface area contributed by atoms with Gasteiger partial charge in [-0.1, -0.05) is 30.3 Å². The second-order valence-electron chi connectivity index (χ2n) is 8.48. The van der Waals surface area contributed by atoms with Gasteiger partial charge in [0, 0.05) is 35.7 Å². The molecule has 0 radical (unpaired) electrons. The van der Waals surface area contributed by atoms with E-state index in [9.17, 15) is 9.59 Å². The summed E-state index contributed by atoms with van der Waals surface area (Å²) in [6.07, 6.45) is 4.41. The van der Waals surface area contributed by atoms with Gasteiger partial charge >= 0.3 is 5.97 Å². The Morgan fingerprint density at radius 3 is 2.70 bits per heavy atom. The molecule has 0 saturated carbocycles. The quantitative estimate of drug-likeness (QED) is 0.691. The van der Waals surface area contributed by atoms with Crippen molar-refractivity contribution in [3.8, 4) is 10.4 Å². The Hall–Kier alpha value is -2.18. The second kappa shape index (κ2) is 8.16. The van der Waals surface area contributed by atoms with Gasteiger partial charge in [0.1, 0.15) is 0 Å². The number of carbonyl (C=O) groups is 2. The molecule has 0 N–H and O–H groups in total. The molecule has 30 heavy (non-hydrogen) atoms. The van der Waals surface area contributed by atoms with Crippen molar-refractivity contribution in [1.82, 2.24) is 4.90 Å². The predicted octanol–water partition coefficient (Wildman–Crippen LogP) is 4.15. The Morgan fingerprint density at radius 1 is 1.17 bits per heavy atom. The lowest BCUT2D eigenvalue weighted by Crippen LogP contribution is -2.48. The molecule has 5 rings (SSSR count). The van der Waals surface area contributed by atoms with E-state index in [-0.39, 0.29) is 23.4 Å². The molecule has 5 nitrogen and oxygen atoms in total. The Morgan fingerprint density at radius 2 is 1.97 bits per heavy atom. The SMILES string of the molecule is O=C1OCCC1CCC(=O)N1CCC2(CC1)OCCc1sc(-c3ccccc3)cc12. The maximum Gasteiger partial charge on any atom is 0.309 e. The lowest BCUT2D eigenvalue weighted by atomic mass is 9.82. The Kier molecular flexibility index (Phi) is 5.37. The molecule has 1 aromatic heterocycles. The van der Waals surface area contributed by atoms with E-state index in [2.05, 4.69) is 30.3 Å². The van der Waals surface area contributed by atoms with Crippen LogP contribution in [0.25, 0.3) is 10.4 Å². The van der Waals surface area contributed by atoms with Crippen LogP contribution in [0.15, 0.2) is 36.4 Å². The van der Waals surface area contributed by atoms with Gasteiger partial charge in [-0.05, 0) is 42.9 Å². The van der Waals surface area contributed by atoms with E-state index >= 15 is 0 Å². The highest BCUT2D eigenvalue weighted by Crippen LogP contribution is 2.46. The van der Waals surface area contributed by atoms with Crippen LogP contribution < -0.4 is 0 Å². The lowest BCUT2D eigenvalue weighted by Gasteiger charge is -2.44. The van der Waals surface area contributed by atoms with Crippen molar-refractivity contribution >= 4 is 23.2 Å². The average Bonchev–Trinajstić information content (AvgIpc) is 3.40. The summed E-state index contributed by atoms with van der Waals surface area (Å²) in [7, 11) is 0. The molecule has 4 heterocycles. The third-order valence-corrected chi connectivity index (χ3v) is 7.98. The van der Waals surface area contributed by atoms with Crippen molar-refractivity contribution in [2.45, 2.75) is 44.1 Å². The van der Waals surface area contributed by atoms with Crippen LogP contribution in [0.3, 0.4) is 0 Å². The minimum atomic E-state index is -0.261. The van der Waals surface area contributed by atoms with Crippen molar-refractivity contribution in [3.05, 3.63) is 46.8 Å². The molecular weight excluding hydrogens is 398 g/mol. The minimum absolute atomic E-state index is 0.100. The molecule has 0 bridgehead atoms. The van der Waals surface area contributed by atoms with E-state index < -0.39 is 0 Å². The maximum atomic E-state index is 12.7. The number of amides is 1. The fourth-order valence-corrected chi connectivity index (χ4v) is 6.18. The zero-order valence-corrected chi connectivity index (χ0v) is 17.9. The van der Waals surface area contributed by atoms with Crippen molar-refractivity contribution in [1.29, 1.82) is 0 Å². The van der Waals surface area contributed by atoms with E-state index in [1.807, 2.05) is 22.3 Å². The summed E-state index contributed by atoms with van der Waals surface area (Å²) in [4.78, 5) is 29.0. The smallest absolute Gasteiger partial charge is 0.309 e. The van der Waals surface area contributed by atoms with Gasteiger partial charge < -0.3 is 14.4 Å². The molecule has 1 atom stereocenters. The van der Waals surface area contributed by atoms with Gasteiger partial charge in [-0.3, -0.25) is 9.59 Å². The molecule has 2 aromatic rings. The molecule has 1 aromatic carbocycles. The first-order chi connectivity index (χ1) is 14.6. The van der Waals surface area contributed by atoms with E-state index in [4.69, 9.17) is 9.47 Å². The lowest BCUT2D eigenvalue weighted by molar-refractivity contribution is -0.142. The highest BCUT2D eigenvalue weighted by molar-refractivity contribution is 7.15. The van der Waals surface area contributed by atoms with Crippen LogP contribution in [0.5, 0.6) is 0 Å². The van der Waals surface area contributed by atoms with Gasteiger partial charge in [-0.2, -0.15) is 0 Å². The molecule has 3 aliphatic rings. The number of benzene rings is 1. The number of thiophene rings is 1. The van der Waals surface area contributed by atoms with Gasteiger partial charge in [0.2, 0.25) is 5.91 Å². The molecule has 2 fully saturated rings. The van der Waals surface area contributed by atoms with Gasteiger partial charge in [0.05, 0.1) is 24.7 Å². The van der Waals surface area contributed by atoms with Crippen LogP contribution >= 0.6 is 11.3 Å². The van der Waals surface area contributed by atoms with Gasteiger partial charge in [-0.25, -0.2) is 0 Å². The number of esters is 1. The number of ether oxygens (including phenoxy) is 2. The highest BCUT2D eigenvalue weighted by atomic mass is 32.1. The van der Waals surface area contributed by atoms with Gasteiger partial charge in [0.25, 0.3) is 0 Å². The second-order valence-corrected chi connectivity index (χ2v) is 9.62. The van der Waals surface area contributed by atoms with E-state index in [0.29, 0.717) is 32.5 Å². The van der Waals surface area contributed by atoms with Gasteiger partial charge in [-0.15, -0.1) is 11.3 Å². The number of fused-ring (bicyclic) bond motifs is 2. The number of hydrogen-bond donors (Lipinski definition) is 0. The average molecular weight is 426 g/mol. The zero-order chi connectivity index (χ0) is 20.6. The summed E-state index contributed by atoms with van der Waals surface area (Å²) < 4.78 is 11.4. The van der Waals surface area contributed by atoms with Crippen LogP contribution in [-0.2, 0) is 31.1 Å². The summed E-state index contributed by atoms with van der Waals surface area (Å²) in [6.45, 7) is 2.67. The first-order valence-electron chi connectivity index (χ1n) is 10.9. The summed E-state index contributed by atoms with van der Waals surface area (Å²) in [5.74, 6) is -0.0948. The van der Waals surface area contributed by atoms with Crippen molar-refractivity contribution in [3.63, 3.8) is 0 Å². The monoisotopic (exact) mass is 425 g/mol. The topological polar surface area (TPSA) is 55.8 Å². The molecule has 3 aliphatic heterocycles. The number of piperidine rings is 1. The standard InChI is InChI=1S/C24H27NO4S/c26-22(7-6-18-8-14-28-23(18)27)25-12-10-24(11-13-25)19-16-21(17-4-2-1-3-5-17)30-20(19)9-15-29-24/h1-5,16,18H,6-15H2. The molecule has 1 spiro atoms. The summed E-state index contributed by atoms with van der Waals surface area (Å²) in [6, 6.07) is 12.8. The molecule has 158 valence electrons. The fourth-order valence-electron chi connectivity index (χ4n) is 4.95. The third kappa shape index (κ3) is 3.67. The number of likely N-dealkylation sites (tertiary alicyclic amines) is 1. The van der Waals surface area contributed by atoms with Crippen LogP contribution in [0, 0.1) is 5.92 Å². The van der Waals surface area contributed by atoms with Crippen molar-refractivity contribution in [2.75, 3.05) is 26.3 Å². The first kappa shape index (κ1) is 19.8. The molecule has 1 amide bonds. The largest absolute Gasteiger partial charge is 0.465 e. The highest BCUT2D eigenvalue weighted by Gasteiger charge is 2.43. The van der Waals surface area contributed by atoms with Gasteiger partial charge in [0.15, 0.2) is 0 Å². The number of hydrogen-bond acceptors (Lipinski definition) is 5. The van der Waals surface area contributed by atoms with Crippen molar-refractivity contribution < 1.29 is 19.1 Å². The summed E-state index contributed by atoms with van der Waals surface area (Å²) >= 11 is 1.88. The van der Waals surface area contributed by atoms with Crippen LogP contribution in [0.1, 0.15) is 42.5 Å². The van der Waals surface area contributed by atoms with E-state index in [1.165, 1.54) is 20.9 Å². The molecular formula is C24H27NO4S. The number of nitrogens with zero attached hydrogens (tertiary/aromatic N) is 1. The zero-order valence-electron chi connectivity index (χ0n) is 17.1. The number of rotatable bonds is 4. The van der Waals surface area contributed by atoms with E-state index in [1.54, 1.807) is 0 Å². The Labute approximate surface area is 181 Å². The minimum Gasteiger partial charge on any atom is -0.465 e. The van der Waals surface area contributed by atoms with E-state index in [0.717, 1.165) is 32.3 Å². The Bertz CT molecular complexity index is 930. The predicted molar refractivity (Wildman–Crippen MR) is 115 cm³/mol. The number of cyclic esters (lactones) is 1. The first-order valence-corrected chi connectivity index (χ1v) is 11.7. The summed E-state index contributed by atoms with van der Waals surface area (Å²) in [5.41, 5.74) is 2.33. The maximum absolute atomic E-state index is 12.7. The third-order valence-electron chi connectivity index (χ3n) is 6.74. The van der Waals surface area contributed by atoms with Crippen LogP contribution in [0.4, 0.5) is 0 Å². The Balaban J connectivity index is 1.25. The summed E-state index contributed by atoms with van der Waals surface area (Å²) in [5, 5.41) is 0. The van der Waals surface area contributed by atoms with Crippen LogP contribution in [-0.4, -0.2) is 43.1 Å². The molecule has 1 unspecified atom stereocenters. The molecule has 2 saturated heterocycles. The van der Waals surface area contributed by atoms with Crippen molar-refractivity contribution in [2.24, 2.45) is 5.92 Å². The number of carbonyl (C=O) groups excluding carboxylic acids is 2. The molecule has 0 aliphatic carbocycles. The molecule has 6 heteroatoms. The normalized spacial score (nSPS) is 22.7.